The number of aliphatic hydroxyl groups excluding tert-OH is 15. The molecule has 0 radical (unpaired) electrons. The molecule has 8 fully saturated rings. The highest BCUT2D eigenvalue weighted by Crippen LogP contribution is 2.76. The van der Waals surface area contributed by atoms with Crippen LogP contribution in [0.5, 0.6) is 0 Å². The second-order valence-corrected chi connectivity index (χ2v) is 25.7. The van der Waals surface area contributed by atoms with Crippen LogP contribution in [0.3, 0.4) is 0 Å². The summed E-state index contributed by atoms with van der Waals surface area (Å²) >= 11 is 0. The van der Waals surface area contributed by atoms with Gasteiger partial charge in [0.25, 0.3) is 0 Å². The summed E-state index contributed by atoms with van der Waals surface area (Å²) in [5, 5.41) is 162. The quantitative estimate of drug-likeness (QED) is 0.0576. The van der Waals surface area contributed by atoms with E-state index in [2.05, 4.69) is 40.7 Å². The topological polar surface area (TPSA) is 377 Å². The predicted molar refractivity (Wildman–Crippen MR) is 266 cm³/mol. The third kappa shape index (κ3) is 10.9. The van der Waals surface area contributed by atoms with Crippen LogP contribution in [0.2, 0.25) is 0 Å². The summed E-state index contributed by atoms with van der Waals surface area (Å²) in [5.74, 6) is -0.475. The number of hydrogen-bond donors (Lipinski definition) is 15. The Morgan fingerprint density at radius 3 is 1.64 bits per heavy atom. The number of ether oxygens (including phenoxy) is 8. The van der Waals surface area contributed by atoms with Crippen LogP contribution in [-0.2, 0) is 37.9 Å². The Morgan fingerprint density at radius 1 is 0.545 bits per heavy atom. The number of aliphatic hydroxyl groups is 15. The van der Waals surface area contributed by atoms with Crippen LogP contribution in [0.25, 0.3) is 0 Å². The molecule has 23 nitrogen and oxygen atoms in total. The van der Waals surface area contributed by atoms with Gasteiger partial charge in [0.1, 0.15) is 97.7 Å². The lowest BCUT2D eigenvalue weighted by Gasteiger charge is -2.71. The van der Waals surface area contributed by atoms with Crippen LogP contribution in [0.4, 0.5) is 0 Å². The molecule has 0 aromatic heterocycles. The summed E-state index contributed by atoms with van der Waals surface area (Å²) in [6.07, 6.45) is -25.2. The summed E-state index contributed by atoms with van der Waals surface area (Å²) in [6.45, 7) is 14.6. The highest BCUT2D eigenvalue weighted by molar-refractivity contribution is 5.20. The Kier molecular flexibility index (Phi) is 18.9. The molecule has 4 aliphatic heterocycles. The molecule has 0 unspecified atom stereocenters. The average Bonchev–Trinajstić information content (AvgIpc) is 3.96. The highest BCUT2D eigenvalue weighted by Gasteiger charge is 2.72. The first kappa shape index (κ1) is 61.9. The van der Waals surface area contributed by atoms with Gasteiger partial charge in [0.15, 0.2) is 25.2 Å². The fourth-order valence-electron chi connectivity index (χ4n) is 16.3. The van der Waals surface area contributed by atoms with E-state index in [1.165, 1.54) is 0 Å². The molecule has 0 aromatic rings. The summed E-state index contributed by atoms with van der Waals surface area (Å²) < 4.78 is 48.9. The zero-order chi connectivity index (χ0) is 56.6. The molecule has 8 aliphatic rings. The zero-order valence-electron chi connectivity index (χ0n) is 45.8. The van der Waals surface area contributed by atoms with E-state index in [-0.39, 0.29) is 34.5 Å². The smallest absolute Gasteiger partial charge is 0.187 e. The lowest BCUT2D eigenvalue weighted by molar-refractivity contribution is -0.378. The molecule has 77 heavy (non-hydrogen) atoms. The van der Waals surface area contributed by atoms with Gasteiger partial charge in [0, 0.05) is 0 Å². The first-order valence-corrected chi connectivity index (χ1v) is 27.9. The van der Waals surface area contributed by atoms with Gasteiger partial charge in [0.05, 0.1) is 44.2 Å². The van der Waals surface area contributed by atoms with E-state index in [0.717, 1.165) is 24.8 Å². The maximum absolute atomic E-state index is 12.8. The standard InChI is InChI=1S/C54H92O23/c1-23(2)10-9-14-54(8,77-48-44(69)40(65)37(62)29(74-48)22-70-46-42(67)38(63)34(59)26(19-55)71-46)24-11-16-53(7)33(24)25(58)18-31-51(5)15-13-32(50(3,4)30(51)12-17-52(31,53)6)75-49-45(41(66)36(61)28(21-57)73-49)76-47-43(68)39(64)35(60)27(20-56)72-47/h10,24-49,55-69H,9,11-22H2,1-8H3/t24-,25-,26+,27+,28+,29+,30-,31+,32+,33-,34+,35+,36+,37+,38-,39-,40-,41-,42+,43+,44+,45+,46+,47-,48-,49-,51-,52+,53+,54-/m0/s1. The minimum absolute atomic E-state index is 0.0374. The number of fused-ring (bicyclic) bond motifs is 5. The Hall–Kier alpha value is -1.18. The van der Waals surface area contributed by atoms with Crippen molar-refractivity contribution in [2.24, 2.45) is 45.3 Å². The van der Waals surface area contributed by atoms with Crippen molar-refractivity contribution in [3.63, 3.8) is 0 Å². The van der Waals surface area contributed by atoms with Crippen molar-refractivity contribution in [2.75, 3.05) is 26.4 Å². The van der Waals surface area contributed by atoms with Crippen LogP contribution in [0, 0.1) is 45.3 Å². The molecule has 4 saturated heterocycles. The third-order valence-corrected chi connectivity index (χ3v) is 20.9. The van der Waals surface area contributed by atoms with Gasteiger partial charge in [-0.05, 0) is 124 Å². The fourth-order valence-corrected chi connectivity index (χ4v) is 16.3. The molecular weight excluding hydrogens is 1020 g/mol. The van der Waals surface area contributed by atoms with Gasteiger partial charge in [-0.25, -0.2) is 0 Å². The van der Waals surface area contributed by atoms with E-state index >= 15 is 0 Å². The first-order valence-electron chi connectivity index (χ1n) is 27.9. The minimum atomic E-state index is -1.82. The largest absolute Gasteiger partial charge is 0.394 e. The van der Waals surface area contributed by atoms with Gasteiger partial charge < -0.3 is 114 Å². The van der Waals surface area contributed by atoms with Crippen LogP contribution >= 0.6 is 0 Å². The summed E-state index contributed by atoms with van der Waals surface area (Å²) in [4.78, 5) is 0. The molecule has 8 rings (SSSR count). The van der Waals surface area contributed by atoms with Crippen molar-refractivity contribution in [3.8, 4) is 0 Å². The van der Waals surface area contributed by atoms with E-state index in [1.807, 2.05) is 20.8 Å². The molecule has 4 heterocycles. The zero-order valence-corrected chi connectivity index (χ0v) is 45.8. The average molecular weight is 1110 g/mol. The first-order chi connectivity index (χ1) is 36.0. The van der Waals surface area contributed by atoms with Crippen LogP contribution < -0.4 is 0 Å². The molecular formula is C54H92O23. The number of rotatable bonds is 16. The van der Waals surface area contributed by atoms with Gasteiger partial charge in [-0.15, -0.1) is 0 Å². The normalized spacial score (nSPS) is 52.7. The molecule has 4 aliphatic carbocycles. The maximum Gasteiger partial charge on any atom is 0.187 e. The monoisotopic (exact) mass is 1110 g/mol. The van der Waals surface area contributed by atoms with Gasteiger partial charge in [-0.1, -0.05) is 46.3 Å². The van der Waals surface area contributed by atoms with E-state index in [9.17, 15) is 76.6 Å². The van der Waals surface area contributed by atoms with E-state index in [1.54, 1.807) is 0 Å². The molecule has 30 atom stereocenters. The minimum Gasteiger partial charge on any atom is -0.394 e. The van der Waals surface area contributed by atoms with Gasteiger partial charge in [-0.3, -0.25) is 0 Å². The molecule has 15 N–H and O–H groups in total. The van der Waals surface area contributed by atoms with Crippen molar-refractivity contribution in [3.05, 3.63) is 11.6 Å². The second kappa shape index (κ2) is 23.5. The van der Waals surface area contributed by atoms with Crippen LogP contribution in [-0.4, -0.2) is 244 Å². The van der Waals surface area contributed by atoms with Gasteiger partial charge in [-0.2, -0.15) is 0 Å². The second-order valence-electron chi connectivity index (χ2n) is 25.7. The van der Waals surface area contributed by atoms with Gasteiger partial charge >= 0.3 is 0 Å². The predicted octanol–water partition coefficient (Wildman–Crippen LogP) is -2.20. The summed E-state index contributed by atoms with van der Waals surface area (Å²) in [7, 11) is 0. The fraction of sp³-hybridized carbons (Fsp3) is 0.963. The Bertz CT molecular complexity index is 1990. The van der Waals surface area contributed by atoms with Crippen molar-refractivity contribution in [1.29, 1.82) is 0 Å². The molecule has 23 heteroatoms. The van der Waals surface area contributed by atoms with E-state index in [0.29, 0.717) is 38.5 Å². The summed E-state index contributed by atoms with van der Waals surface area (Å²) in [6, 6.07) is 0. The third-order valence-electron chi connectivity index (χ3n) is 20.9. The molecule has 4 saturated carbocycles. The molecule has 0 aromatic carbocycles. The summed E-state index contributed by atoms with van der Waals surface area (Å²) in [5.41, 5.74) is -1.59. The highest BCUT2D eigenvalue weighted by atomic mass is 16.8. The van der Waals surface area contributed by atoms with E-state index < -0.39 is 178 Å². The van der Waals surface area contributed by atoms with Crippen molar-refractivity contribution in [2.45, 2.75) is 254 Å². The molecule has 0 amide bonds. The van der Waals surface area contributed by atoms with Crippen molar-refractivity contribution >= 4 is 0 Å². The molecule has 446 valence electrons. The van der Waals surface area contributed by atoms with Crippen LogP contribution in [0.1, 0.15) is 113 Å². The van der Waals surface area contributed by atoms with Gasteiger partial charge in [0.2, 0.25) is 0 Å². The maximum atomic E-state index is 12.8. The molecule has 0 bridgehead atoms. The Balaban J connectivity index is 1.01. The van der Waals surface area contributed by atoms with Crippen LogP contribution in [0.15, 0.2) is 11.6 Å². The molecule has 0 spiro atoms. The van der Waals surface area contributed by atoms with E-state index in [4.69, 9.17) is 37.9 Å². The Morgan fingerprint density at radius 2 is 1.05 bits per heavy atom. The number of allylic oxidation sites excluding steroid dienone is 2. The lowest BCUT2D eigenvalue weighted by Crippen LogP contribution is -2.68. The van der Waals surface area contributed by atoms with Crippen molar-refractivity contribution in [1.82, 2.24) is 0 Å². The Labute approximate surface area is 450 Å². The SMILES string of the molecule is CC(C)=CCC[C@](C)(O[C@@H]1O[C@H](CO[C@@H]2O[C@H](CO)[C@@H](O)[C@H](O)[C@H]2O)[C@@H](O)[C@H](O)[C@H]1O)[C@H]1CC[C@]2(C)[C@@H]1[C@@H](O)C[C@@H]1[C@@]3(C)CC[C@@H](O[C@@H]4O[C@H](CO)[C@@H](O)[C@H](O)[C@H]4O[C@@H]4O[C@H](CO)[C@@H](O)[C@H](O)[C@H]4O)C(C)(C)[C@@H]3CC[C@]12C. The van der Waals surface area contributed by atoms with Crippen molar-refractivity contribution < 1.29 is 114 Å². The number of hydrogen-bond acceptors (Lipinski definition) is 23. The lowest BCUT2D eigenvalue weighted by atomic mass is 9.35.